The van der Waals surface area contributed by atoms with E-state index in [2.05, 4.69) is 4.72 Å². The van der Waals surface area contributed by atoms with Crippen LogP contribution in [0.1, 0.15) is 48.5 Å². The Morgan fingerprint density at radius 2 is 1.78 bits per heavy atom. The maximum Gasteiger partial charge on any atom is 0.418 e. The normalized spacial score (nSPS) is 19.6. The Bertz CT molecular complexity index is 1120. The smallest absolute Gasteiger partial charge is 0.321 e. The first-order valence-corrected chi connectivity index (χ1v) is 11.7. The number of carbonyl (C=O) groups excluding carboxylic acids is 1. The number of amides is 1. The van der Waals surface area contributed by atoms with Crippen LogP contribution in [0.2, 0.25) is 5.02 Å². The van der Waals surface area contributed by atoms with E-state index in [0.29, 0.717) is 12.5 Å². The van der Waals surface area contributed by atoms with Crippen molar-refractivity contribution in [3.05, 3.63) is 58.4 Å². The highest BCUT2D eigenvalue weighted by molar-refractivity contribution is 7.89. The molecule has 11 heteroatoms. The molecule has 0 unspecified atom stereocenters. The second kappa shape index (κ2) is 9.36. The third-order valence-corrected chi connectivity index (χ3v) is 7.17. The Hall–Kier alpha value is -2.17. The summed E-state index contributed by atoms with van der Waals surface area (Å²) in [5.74, 6) is -2.18. The lowest BCUT2D eigenvalue weighted by atomic mass is 9.87. The Morgan fingerprint density at radius 3 is 2.44 bits per heavy atom. The summed E-state index contributed by atoms with van der Waals surface area (Å²) in [5.41, 5.74) is -2.54. The van der Waals surface area contributed by atoms with E-state index in [1.807, 2.05) is 12.2 Å². The predicted octanol–water partition coefficient (Wildman–Crippen LogP) is 5.61. The number of alkyl halides is 3. The third-order valence-electron chi connectivity index (χ3n) is 5.45. The summed E-state index contributed by atoms with van der Waals surface area (Å²) < 4.78 is 82.3. The molecule has 0 radical (unpaired) electrons. The summed E-state index contributed by atoms with van der Waals surface area (Å²) >= 11 is 5.62. The minimum Gasteiger partial charge on any atom is -0.321 e. The van der Waals surface area contributed by atoms with Gasteiger partial charge in [-0.2, -0.15) is 13.2 Å². The number of nitrogens with one attached hydrogen (secondary N) is 2. The summed E-state index contributed by atoms with van der Waals surface area (Å²) in [6, 6.07) is 5.02. The first-order chi connectivity index (χ1) is 14.9. The van der Waals surface area contributed by atoms with Crippen molar-refractivity contribution in [3.63, 3.8) is 0 Å². The zero-order valence-electron chi connectivity index (χ0n) is 17.0. The minimum absolute atomic E-state index is 0.118. The summed E-state index contributed by atoms with van der Waals surface area (Å²) in [6.07, 6.45) is -1.42. The first kappa shape index (κ1) is 24.5. The van der Waals surface area contributed by atoms with E-state index < -0.39 is 44.7 Å². The van der Waals surface area contributed by atoms with Gasteiger partial charge in [0.2, 0.25) is 10.0 Å². The molecule has 0 saturated heterocycles. The molecule has 1 fully saturated rings. The van der Waals surface area contributed by atoms with E-state index in [4.69, 9.17) is 11.6 Å². The van der Waals surface area contributed by atoms with Gasteiger partial charge in [-0.1, -0.05) is 31.4 Å². The molecule has 0 heterocycles. The Kier molecular flexibility index (Phi) is 7.16. The van der Waals surface area contributed by atoms with Crippen molar-refractivity contribution in [1.82, 2.24) is 4.72 Å². The second-order valence-corrected chi connectivity index (χ2v) is 9.92. The van der Waals surface area contributed by atoms with Gasteiger partial charge in [0.1, 0.15) is 5.82 Å². The number of hydrogen-bond donors (Lipinski definition) is 2. The monoisotopic (exact) mass is 492 g/mol. The van der Waals surface area contributed by atoms with Crippen LogP contribution in [0.4, 0.5) is 23.2 Å². The topological polar surface area (TPSA) is 75.3 Å². The molecule has 1 aliphatic carbocycles. The SMILES string of the molecule is C[C@H]1CCCC[C@@H]1NS(=O)(=O)c1ccc(F)c(C(=O)Nc2ccc(Cl)cc2C(F)(F)F)c1. The maximum absolute atomic E-state index is 14.3. The van der Waals surface area contributed by atoms with E-state index in [0.717, 1.165) is 49.6 Å². The van der Waals surface area contributed by atoms with Gasteiger partial charge in [-0.3, -0.25) is 4.79 Å². The van der Waals surface area contributed by atoms with Crippen LogP contribution in [0, 0.1) is 11.7 Å². The number of rotatable bonds is 5. The van der Waals surface area contributed by atoms with Crippen molar-refractivity contribution in [2.75, 3.05) is 5.32 Å². The van der Waals surface area contributed by atoms with Crippen LogP contribution in [-0.4, -0.2) is 20.4 Å². The molecule has 1 aliphatic rings. The lowest BCUT2D eigenvalue weighted by molar-refractivity contribution is -0.136. The van der Waals surface area contributed by atoms with Crippen LogP contribution in [0.3, 0.4) is 0 Å². The Balaban J connectivity index is 1.88. The molecule has 0 bridgehead atoms. The molecule has 2 N–H and O–H groups in total. The van der Waals surface area contributed by atoms with Gasteiger partial charge >= 0.3 is 6.18 Å². The van der Waals surface area contributed by atoms with Crippen molar-refractivity contribution in [3.8, 4) is 0 Å². The van der Waals surface area contributed by atoms with Crippen molar-refractivity contribution in [2.24, 2.45) is 5.92 Å². The molecule has 32 heavy (non-hydrogen) atoms. The number of halogens is 5. The highest BCUT2D eigenvalue weighted by Gasteiger charge is 2.34. The number of benzene rings is 2. The van der Waals surface area contributed by atoms with Crippen LogP contribution in [0.15, 0.2) is 41.3 Å². The molecule has 2 atom stereocenters. The zero-order chi connectivity index (χ0) is 23.7. The summed E-state index contributed by atoms with van der Waals surface area (Å²) in [4.78, 5) is 12.2. The Morgan fingerprint density at radius 1 is 1.09 bits per heavy atom. The number of sulfonamides is 1. The van der Waals surface area contributed by atoms with Crippen molar-refractivity contribution < 1.29 is 30.8 Å². The molecule has 1 saturated carbocycles. The van der Waals surface area contributed by atoms with Gasteiger partial charge in [0.05, 0.1) is 21.7 Å². The molecule has 0 aromatic heterocycles. The fourth-order valence-electron chi connectivity index (χ4n) is 3.65. The molecular formula is C21H21ClF4N2O3S. The van der Waals surface area contributed by atoms with Crippen LogP contribution in [0.5, 0.6) is 0 Å². The second-order valence-electron chi connectivity index (χ2n) is 7.77. The molecule has 174 valence electrons. The fourth-order valence-corrected chi connectivity index (χ4v) is 5.23. The molecule has 2 aromatic rings. The predicted molar refractivity (Wildman–Crippen MR) is 113 cm³/mol. The number of anilines is 1. The van der Waals surface area contributed by atoms with Crippen molar-refractivity contribution >= 4 is 33.2 Å². The molecule has 0 spiro atoms. The van der Waals surface area contributed by atoms with Gasteiger partial charge in [-0.25, -0.2) is 17.5 Å². The number of hydrogen-bond acceptors (Lipinski definition) is 3. The molecule has 3 rings (SSSR count). The van der Waals surface area contributed by atoms with E-state index in [-0.39, 0.29) is 21.9 Å². The van der Waals surface area contributed by atoms with E-state index >= 15 is 0 Å². The lowest BCUT2D eigenvalue weighted by Gasteiger charge is -2.29. The first-order valence-electron chi connectivity index (χ1n) is 9.88. The standard InChI is InChI=1S/C21H21ClF4N2O3S/c1-12-4-2-3-5-18(12)28-32(30,31)14-7-8-17(23)15(11-14)20(29)27-19-9-6-13(22)10-16(19)21(24,25)26/h6-12,18,28H,2-5H2,1H3,(H,27,29)/t12-,18-/m0/s1. The molecule has 5 nitrogen and oxygen atoms in total. The van der Waals surface area contributed by atoms with Crippen molar-refractivity contribution in [2.45, 2.75) is 49.7 Å². The highest BCUT2D eigenvalue weighted by Crippen LogP contribution is 2.36. The van der Waals surface area contributed by atoms with Crippen LogP contribution >= 0.6 is 11.6 Å². The van der Waals surface area contributed by atoms with Crippen LogP contribution < -0.4 is 10.0 Å². The summed E-state index contributed by atoms with van der Waals surface area (Å²) in [6.45, 7) is 1.93. The summed E-state index contributed by atoms with van der Waals surface area (Å²) in [5, 5.41) is 1.80. The van der Waals surface area contributed by atoms with Gasteiger partial charge in [0.25, 0.3) is 5.91 Å². The van der Waals surface area contributed by atoms with Crippen LogP contribution in [-0.2, 0) is 16.2 Å². The minimum atomic E-state index is -4.82. The van der Waals surface area contributed by atoms with Gasteiger partial charge in [0, 0.05) is 11.1 Å². The zero-order valence-corrected chi connectivity index (χ0v) is 18.5. The number of carbonyl (C=O) groups is 1. The summed E-state index contributed by atoms with van der Waals surface area (Å²) in [7, 11) is -4.07. The average Bonchev–Trinajstić information content (AvgIpc) is 2.70. The van der Waals surface area contributed by atoms with E-state index in [9.17, 15) is 30.8 Å². The Labute approximate surface area is 188 Å². The third kappa shape index (κ3) is 5.60. The van der Waals surface area contributed by atoms with E-state index in [1.165, 1.54) is 0 Å². The quantitative estimate of drug-likeness (QED) is 0.533. The largest absolute Gasteiger partial charge is 0.418 e. The maximum atomic E-state index is 14.3. The van der Waals surface area contributed by atoms with Gasteiger partial charge in [-0.15, -0.1) is 0 Å². The molecule has 0 aliphatic heterocycles. The average molecular weight is 493 g/mol. The van der Waals surface area contributed by atoms with E-state index in [1.54, 1.807) is 0 Å². The van der Waals surface area contributed by atoms with Gasteiger partial charge in [-0.05, 0) is 55.2 Å². The van der Waals surface area contributed by atoms with Gasteiger partial charge < -0.3 is 5.32 Å². The van der Waals surface area contributed by atoms with Crippen LogP contribution in [0.25, 0.3) is 0 Å². The highest BCUT2D eigenvalue weighted by atomic mass is 35.5. The van der Waals surface area contributed by atoms with Gasteiger partial charge in [0.15, 0.2) is 0 Å². The fraction of sp³-hybridized carbons (Fsp3) is 0.381. The lowest BCUT2D eigenvalue weighted by Crippen LogP contribution is -2.41. The van der Waals surface area contributed by atoms with Crippen molar-refractivity contribution in [1.29, 1.82) is 0 Å². The molecular weight excluding hydrogens is 472 g/mol. The molecule has 2 aromatic carbocycles. The molecule has 1 amide bonds.